The zero-order valence-corrected chi connectivity index (χ0v) is 8.78. The van der Waals surface area contributed by atoms with Gasteiger partial charge in [0, 0.05) is 23.5 Å². The van der Waals surface area contributed by atoms with Gasteiger partial charge in [-0.1, -0.05) is 34.6 Å². The van der Waals surface area contributed by atoms with Crippen molar-refractivity contribution in [3.63, 3.8) is 0 Å². The van der Waals surface area contributed by atoms with Crippen LogP contribution in [-0.2, 0) is 0 Å². The molecule has 11 heavy (non-hydrogen) atoms. The molecule has 0 spiro atoms. The van der Waals surface area contributed by atoms with Gasteiger partial charge in [-0.2, -0.15) is 0 Å². The molecule has 0 aromatic carbocycles. The summed E-state index contributed by atoms with van der Waals surface area (Å²) in [5.74, 6) is 1.81. The molecule has 62 valence electrons. The Kier molecular flexibility index (Phi) is 4.01. The van der Waals surface area contributed by atoms with E-state index < -0.39 is 0 Å². The fourth-order valence-corrected chi connectivity index (χ4v) is 1.97. The number of H-pyrrole nitrogens is 1. The van der Waals surface area contributed by atoms with Crippen molar-refractivity contribution in [1.82, 2.24) is 9.97 Å². The number of imidazole rings is 1. The highest BCUT2D eigenvalue weighted by Gasteiger charge is 2.01. The maximum atomic E-state index is 4.11. The van der Waals surface area contributed by atoms with Gasteiger partial charge < -0.3 is 4.98 Å². The van der Waals surface area contributed by atoms with E-state index in [1.54, 1.807) is 18.0 Å². The van der Waals surface area contributed by atoms with Gasteiger partial charge in [-0.15, -0.1) is 0 Å². The van der Waals surface area contributed by atoms with Crippen LogP contribution in [0, 0.1) is 5.92 Å². The minimum Gasteiger partial charge on any atom is -0.340 e. The third kappa shape index (κ3) is 3.29. The molecule has 1 rings (SSSR count). The molecule has 0 radical (unpaired) electrons. The first-order valence-electron chi connectivity index (χ1n) is 3.51. The number of thioether (sulfide) groups is 1. The first-order valence-corrected chi connectivity index (χ1v) is 5.61. The zero-order chi connectivity index (χ0) is 8.10. The monoisotopic (exact) mass is 234 g/mol. The van der Waals surface area contributed by atoms with Crippen molar-refractivity contribution in [2.75, 3.05) is 11.1 Å². The molecule has 1 unspecified atom stereocenters. The fourth-order valence-electron chi connectivity index (χ4n) is 0.595. The van der Waals surface area contributed by atoms with Gasteiger partial charge in [0.2, 0.25) is 0 Å². The van der Waals surface area contributed by atoms with E-state index >= 15 is 0 Å². The predicted octanol–water partition coefficient (Wildman–Crippen LogP) is 2.53. The lowest BCUT2D eigenvalue weighted by Crippen LogP contribution is -1.98. The summed E-state index contributed by atoms with van der Waals surface area (Å²) in [5.41, 5.74) is 0. The number of alkyl halides is 1. The van der Waals surface area contributed by atoms with Crippen LogP contribution in [-0.4, -0.2) is 21.1 Å². The summed E-state index contributed by atoms with van der Waals surface area (Å²) in [5, 5.41) is 2.07. The van der Waals surface area contributed by atoms with Crippen molar-refractivity contribution >= 4 is 27.7 Å². The van der Waals surface area contributed by atoms with Crippen molar-refractivity contribution in [3.8, 4) is 0 Å². The van der Waals surface area contributed by atoms with Crippen molar-refractivity contribution in [3.05, 3.63) is 12.4 Å². The molecular weight excluding hydrogens is 224 g/mol. The summed E-state index contributed by atoms with van der Waals surface area (Å²) >= 11 is 5.20. The molecule has 0 aliphatic carbocycles. The molecule has 1 aromatic rings. The molecule has 2 nitrogen and oxygen atoms in total. The summed E-state index contributed by atoms with van der Waals surface area (Å²) in [6, 6.07) is 0. The van der Waals surface area contributed by atoms with Crippen LogP contribution in [0.5, 0.6) is 0 Å². The van der Waals surface area contributed by atoms with Gasteiger partial charge in [0.25, 0.3) is 0 Å². The van der Waals surface area contributed by atoms with Crippen LogP contribution in [0.15, 0.2) is 17.6 Å². The molecule has 0 bridgehead atoms. The van der Waals surface area contributed by atoms with E-state index in [4.69, 9.17) is 0 Å². The molecule has 0 saturated heterocycles. The molecule has 1 heterocycles. The van der Waals surface area contributed by atoms with Crippen molar-refractivity contribution < 1.29 is 0 Å². The normalized spacial score (nSPS) is 13.3. The number of rotatable bonds is 4. The molecule has 1 N–H and O–H groups in total. The van der Waals surface area contributed by atoms with Gasteiger partial charge in [-0.05, 0) is 5.92 Å². The molecule has 1 aromatic heterocycles. The van der Waals surface area contributed by atoms with Crippen LogP contribution in [0.3, 0.4) is 0 Å². The summed E-state index contributed by atoms with van der Waals surface area (Å²) in [6.45, 7) is 2.21. The van der Waals surface area contributed by atoms with Crippen LogP contribution in [0.1, 0.15) is 6.92 Å². The third-order valence-electron chi connectivity index (χ3n) is 1.24. The second-order valence-electron chi connectivity index (χ2n) is 2.46. The quantitative estimate of drug-likeness (QED) is 0.641. The number of hydrogen-bond acceptors (Lipinski definition) is 2. The second kappa shape index (κ2) is 4.83. The number of hydrogen-bond donors (Lipinski definition) is 1. The van der Waals surface area contributed by atoms with Crippen molar-refractivity contribution in [2.45, 2.75) is 12.1 Å². The fraction of sp³-hybridized carbons (Fsp3) is 0.571. The molecule has 0 amide bonds. The molecule has 1 atom stereocenters. The Bertz CT molecular complexity index is 188. The maximum Gasteiger partial charge on any atom is 0.165 e. The van der Waals surface area contributed by atoms with Crippen LogP contribution in [0.4, 0.5) is 0 Å². The van der Waals surface area contributed by atoms with Gasteiger partial charge in [0.15, 0.2) is 5.16 Å². The standard InChI is InChI=1S/C7H11BrN2S/c1-6(4-8)5-11-7-9-2-3-10-7/h2-3,6H,4-5H2,1H3,(H,9,10). The summed E-state index contributed by atoms with van der Waals surface area (Å²) < 4.78 is 0. The Morgan fingerprint density at radius 3 is 3.18 bits per heavy atom. The summed E-state index contributed by atoms with van der Waals surface area (Å²) in [4.78, 5) is 7.17. The molecule has 4 heteroatoms. The van der Waals surface area contributed by atoms with E-state index in [1.807, 2.05) is 6.20 Å². The number of halogens is 1. The Balaban J connectivity index is 2.23. The summed E-state index contributed by atoms with van der Waals surface area (Å²) in [7, 11) is 0. The van der Waals surface area contributed by atoms with Gasteiger partial charge in [-0.25, -0.2) is 4.98 Å². The first-order chi connectivity index (χ1) is 5.33. The van der Waals surface area contributed by atoms with Crippen molar-refractivity contribution in [1.29, 1.82) is 0 Å². The topological polar surface area (TPSA) is 28.7 Å². The highest BCUT2D eigenvalue weighted by atomic mass is 79.9. The Labute approximate surface area is 79.3 Å². The van der Waals surface area contributed by atoms with E-state index in [9.17, 15) is 0 Å². The smallest absolute Gasteiger partial charge is 0.165 e. The third-order valence-corrected chi connectivity index (χ3v) is 3.58. The van der Waals surface area contributed by atoms with E-state index in [-0.39, 0.29) is 0 Å². The SMILES string of the molecule is CC(CBr)CSc1ncc[nH]1. The van der Waals surface area contributed by atoms with E-state index in [2.05, 4.69) is 32.8 Å². The largest absolute Gasteiger partial charge is 0.340 e. The Morgan fingerprint density at radius 2 is 2.64 bits per heavy atom. The second-order valence-corrected chi connectivity index (χ2v) is 4.12. The molecule has 0 fully saturated rings. The van der Waals surface area contributed by atoms with E-state index in [0.29, 0.717) is 5.92 Å². The number of aromatic nitrogens is 2. The molecular formula is C7H11BrN2S. The van der Waals surface area contributed by atoms with Gasteiger partial charge in [0.05, 0.1) is 0 Å². The average Bonchev–Trinajstić information content (AvgIpc) is 2.52. The van der Waals surface area contributed by atoms with Crippen molar-refractivity contribution in [2.24, 2.45) is 5.92 Å². The minimum absolute atomic E-state index is 0.699. The molecule has 0 aliphatic heterocycles. The van der Waals surface area contributed by atoms with Gasteiger partial charge in [-0.3, -0.25) is 0 Å². The van der Waals surface area contributed by atoms with Gasteiger partial charge >= 0.3 is 0 Å². The average molecular weight is 235 g/mol. The maximum absolute atomic E-state index is 4.11. The number of aromatic amines is 1. The lowest BCUT2D eigenvalue weighted by atomic mass is 10.3. The highest BCUT2D eigenvalue weighted by molar-refractivity contribution is 9.09. The predicted molar refractivity (Wildman–Crippen MR) is 52.3 cm³/mol. The Morgan fingerprint density at radius 1 is 1.82 bits per heavy atom. The van der Waals surface area contributed by atoms with Crippen LogP contribution in [0.2, 0.25) is 0 Å². The lowest BCUT2D eigenvalue weighted by Gasteiger charge is -2.03. The highest BCUT2D eigenvalue weighted by Crippen LogP contribution is 2.16. The summed E-state index contributed by atoms with van der Waals surface area (Å²) in [6.07, 6.45) is 3.63. The zero-order valence-electron chi connectivity index (χ0n) is 6.38. The van der Waals surface area contributed by atoms with Gasteiger partial charge in [0.1, 0.15) is 0 Å². The molecule has 0 aliphatic rings. The first kappa shape index (κ1) is 9.13. The number of nitrogens with one attached hydrogen (secondary N) is 1. The van der Waals surface area contributed by atoms with Crippen LogP contribution in [0.25, 0.3) is 0 Å². The Hall–Kier alpha value is 0.0400. The van der Waals surface area contributed by atoms with Crippen LogP contribution < -0.4 is 0 Å². The van der Waals surface area contributed by atoms with Crippen LogP contribution >= 0.6 is 27.7 Å². The van der Waals surface area contributed by atoms with E-state index in [0.717, 1.165) is 16.2 Å². The number of nitrogens with zero attached hydrogens (tertiary/aromatic N) is 1. The minimum atomic E-state index is 0.699. The van der Waals surface area contributed by atoms with E-state index in [1.165, 1.54) is 0 Å². The molecule has 0 saturated carbocycles. The lowest BCUT2D eigenvalue weighted by molar-refractivity contribution is 0.768.